The van der Waals surface area contributed by atoms with E-state index in [0.29, 0.717) is 16.2 Å². The fourth-order valence-electron chi connectivity index (χ4n) is 4.05. The summed E-state index contributed by atoms with van der Waals surface area (Å²) in [5, 5.41) is 19.9. The molecule has 1 N–H and O–H groups in total. The Morgan fingerprint density at radius 1 is 1.00 bits per heavy atom. The molecule has 0 aliphatic heterocycles. The number of rotatable bonds is 2. The third kappa shape index (κ3) is 3.09. The van der Waals surface area contributed by atoms with Crippen molar-refractivity contribution in [1.29, 1.82) is 10.7 Å². The van der Waals surface area contributed by atoms with E-state index in [0.717, 1.165) is 44.3 Å². The molecule has 0 aliphatic carbocycles. The van der Waals surface area contributed by atoms with E-state index in [9.17, 15) is 5.26 Å². The first-order valence-corrected chi connectivity index (χ1v) is 10.2. The van der Waals surface area contributed by atoms with Crippen molar-refractivity contribution in [3.05, 3.63) is 88.6 Å². The summed E-state index contributed by atoms with van der Waals surface area (Å²) in [6.07, 6.45) is 1.80. The smallest absolute Gasteiger partial charge is 0.207 e. The fraction of sp³-hybridized carbons (Fsp3) is 0.0800. The summed E-state index contributed by atoms with van der Waals surface area (Å²) in [5.41, 5.74) is 7.33. The van der Waals surface area contributed by atoms with Crippen molar-refractivity contribution in [2.45, 2.75) is 6.92 Å². The van der Waals surface area contributed by atoms with Crippen molar-refractivity contribution in [2.24, 2.45) is 7.05 Å². The Morgan fingerprint density at radius 2 is 1.74 bits per heavy atom. The standard InChI is InChI=1S/C25H18ClN5/c1-15-9-16(13-27)11-20(10-15)31-24-21-12-18(17-3-6-19(26)7-4-17)5-8-22(21)29-14-23(24)30(2)25(31)28/h3-12,14,28H,1-2H3. The van der Waals surface area contributed by atoms with Crippen molar-refractivity contribution in [1.82, 2.24) is 14.1 Å². The Kier molecular flexibility index (Phi) is 4.39. The van der Waals surface area contributed by atoms with E-state index < -0.39 is 0 Å². The first-order chi connectivity index (χ1) is 15.0. The number of aryl methyl sites for hydroxylation is 2. The maximum absolute atomic E-state index is 9.44. The molecule has 0 saturated carbocycles. The maximum Gasteiger partial charge on any atom is 0.207 e. The van der Waals surface area contributed by atoms with Crippen LogP contribution in [0.3, 0.4) is 0 Å². The van der Waals surface area contributed by atoms with Gasteiger partial charge in [0, 0.05) is 17.5 Å². The van der Waals surface area contributed by atoms with Gasteiger partial charge >= 0.3 is 0 Å². The predicted molar refractivity (Wildman–Crippen MR) is 123 cm³/mol. The first-order valence-electron chi connectivity index (χ1n) is 9.79. The van der Waals surface area contributed by atoms with Crippen LogP contribution in [0.15, 0.2) is 66.9 Å². The molecule has 2 heterocycles. The lowest BCUT2D eigenvalue weighted by Gasteiger charge is -2.10. The van der Waals surface area contributed by atoms with Gasteiger partial charge in [0.25, 0.3) is 0 Å². The van der Waals surface area contributed by atoms with Crippen LogP contribution >= 0.6 is 11.6 Å². The van der Waals surface area contributed by atoms with Gasteiger partial charge in [0.1, 0.15) is 0 Å². The molecular formula is C25H18ClN5. The van der Waals surface area contributed by atoms with Crippen molar-refractivity contribution >= 4 is 33.5 Å². The average Bonchev–Trinajstić information content (AvgIpc) is 3.04. The Bertz CT molecular complexity index is 1580. The number of benzene rings is 3. The summed E-state index contributed by atoms with van der Waals surface area (Å²) >= 11 is 6.06. The molecular weight excluding hydrogens is 406 g/mol. The molecule has 0 bridgehead atoms. The lowest BCUT2D eigenvalue weighted by atomic mass is 10.0. The number of nitriles is 1. The Morgan fingerprint density at radius 3 is 2.48 bits per heavy atom. The third-order valence-corrected chi connectivity index (χ3v) is 5.81. The van der Waals surface area contributed by atoms with E-state index in [2.05, 4.69) is 17.1 Å². The van der Waals surface area contributed by atoms with E-state index in [4.69, 9.17) is 17.0 Å². The molecule has 0 radical (unpaired) electrons. The highest BCUT2D eigenvalue weighted by Crippen LogP contribution is 2.30. The van der Waals surface area contributed by atoms with Crippen LogP contribution in [0.25, 0.3) is 38.8 Å². The highest BCUT2D eigenvalue weighted by molar-refractivity contribution is 6.30. The Labute approximate surface area is 183 Å². The Hall–Kier alpha value is -3.88. The van der Waals surface area contributed by atoms with Crippen LogP contribution in [0.1, 0.15) is 11.1 Å². The van der Waals surface area contributed by atoms with Crippen LogP contribution in [-0.2, 0) is 7.05 Å². The van der Waals surface area contributed by atoms with Gasteiger partial charge in [0.05, 0.1) is 40.1 Å². The third-order valence-electron chi connectivity index (χ3n) is 5.56. The molecule has 0 spiro atoms. The van der Waals surface area contributed by atoms with Crippen molar-refractivity contribution in [3.63, 3.8) is 0 Å². The number of hydrogen-bond donors (Lipinski definition) is 1. The van der Waals surface area contributed by atoms with Crippen LogP contribution in [0, 0.1) is 23.7 Å². The summed E-state index contributed by atoms with van der Waals surface area (Å²) in [4.78, 5) is 4.63. The highest BCUT2D eigenvalue weighted by atomic mass is 35.5. The molecule has 0 saturated heterocycles. The number of hydrogen-bond acceptors (Lipinski definition) is 3. The monoisotopic (exact) mass is 423 g/mol. The first kappa shape index (κ1) is 19.1. The van der Waals surface area contributed by atoms with Crippen LogP contribution in [0.4, 0.5) is 0 Å². The SMILES string of the molecule is Cc1cc(C#N)cc(-n2c(=N)n(C)c3cnc4ccc(-c5ccc(Cl)cc5)cc4c32)c1. The number of aromatic nitrogens is 3. The summed E-state index contributed by atoms with van der Waals surface area (Å²) < 4.78 is 3.70. The summed E-state index contributed by atoms with van der Waals surface area (Å²) in [7, 11) is 1.86. The zero-order valence-corrected chi connectivity index (χ0v) is 17.8. The van der Waals surface area contributed by atoms with E-state index >= 15 is 0 Å². The van der Waals surface area contributed by atoms with E-state index in [1.54, 1.807) is 6.20 Å². The molecule has 0 atom stereocenters. The van der Waals surface area contributed by atoms with E-state index in [1.807, 2.05) is 77.7 Å². The molecule has 3 aromatic carbocycles. The number of nitrogens with zero attached hydrogens (tertiary/aromatic N) is 4. The molecule has 6 heteroatoms. The fourth-order valence-corrected chi connectivity index (χ4v) is 4.17. The van der Waals surface area contributed by atoms with Crippen molar-refractivity contribution < 1.29 is 0 Å². The zero-order valence-electron chi connectivity index (χ0n) is 17.0. The quantitative estimate of drug-likeness (QED) is 0.407. The molecule has 31 heavy (non-hydrogen) atoms. The van der Waals surface area contributed by atoms with Crippen molar-refractivity contribution in [3.8, 4) is 22.9 Å². The van der Waals surface area contributed by atoms with Gasteiger partial charge in [-0.1, -0.05) is 29.8 Å². The normalized spacial score (nSPS) is 11.2. The van der Waals surface area contributed by atoms with E-state index in [1.165, 1.54) is 0 Å². The molecule has 5 nitrogen and oxygen atoms in total. The minimum absolute atomic E-state index is 0.315. The number of fused-ring (bicyclic) bond motifs is 3. The van der Waals surface area contributed by atoms with Crippen LogP contribution < -0.4 is 5.62 Å². The number of pyridine rings is 1. The minimum Gasteiger partial charge on any atom is -0.312 e. The maximum atomic E-state index is 9.44. The van der Waals surface area contributed by atoms with Gasteiger partial charge in [0.15, 0.2) is 0 Å². The predicted octanol–water partition coefficient (Wildman–Crippen LogP) is 5.50. The second-order valence-corrected chi connectivity index (χ2v) is 8.05. The van der Waals surface area contributed by atoms with Gasteiger partial charge in [-0.3, -0.25) is 15.0 Å². The largest absolute Gasteiger partial charge is 0.312 e. The van der Waals surface area contributed by atoms with Crippen LogP contribution in [-0.4, -0.2) is 14.1 Å². The second-order valence-electron chi connectivity index (χ2n) is 7.62. The average molecular weight is 424 g/mol. The lowest BCUT2D eigenvalue weighted by molar-refractivity contribution is 0.787. The molecule has 5 rings (SSSR count). The summed E-state index contributed by atoms with van der Waals surface area (Å²) in [6.45, 7) is 1.96. The van der Waals surface area contributed by atoms with Gasteiger partial charge in [-0.25, -0.2) is 0 Å². The van der Waals surface area contributed by atoms with Gasteiger partial charge in [-0.2, -0.15) is 5.26 Å². The van der Waals surface area contributed by atoms with Crippen LogP contribution in [0.5, 0.6) is 0 Å². The van der Waals surface area contributed by atoms with Gasteiger partial charge in [-0.05, 0) is 66.1 Å². The molecule has 150 valence electrons. The summed E-state index contributed by atoms with van der Waals surface area (Å²) in [5.74, 6) is 0. The molecule has 0 unspecified atom stereocenters. The molecule has 2 aromatic heterocycles. The lowest BCUT2D eigenvalue weighted by Crippen LogP contribution is -2.21. The highest BCUT2D eigenvalue weighted by Gasteiger charge is 2.16. The van der Waals surface area contributed by atoms with Crippen molar-refractivity contribution in [2.75, 3.05) is 0 Å². The van der Waals surface area contributed by atoms with Crippen LogP contribution in [0.2, 0.25) is 5.02 Å². The number of nitrogens with one attached hydrogen (secondary N) is 1. The number of halogens is 1. The second kappa shape index (κ2) is 7.12. The number of imidazole rings is 1. The van der Waals surface area contributed by atoms with E-state index in [-0.39, 0.29) is 0 Å². The topological polar surface area (TPSA) is 70.4 Å². The molecule has 5 aromatic rings. The van der Waals surface area contributed by atoms with Gasteiger partial charge < -0.3 is 4.57 Å². The van der Waals surface area contributed by atoms with Gasteiger partial charge in [-0.15, -0.1) is 0 Å². The molecule has 0 amide bonds. The summed E-state index contributed by atoms with van der Waals surface area (Å²) in [6, 6.07) is 21.8. The molecule has 0 fully saturated rings. The van der Waals surface area contributed by atoms with Gasteiger partial charge in [0.2, 0.25) is 5.62 Å². The minimum atomic E-state index is 0.315. The molecule has 0 aliphatic rings. The Balaban J connectivity index is 1.88. The zero-order chi connectivity index (χ0) is 21.7.